The first kappa shape index (κ1) is 20.2. The van der Waals surface area contributed by atoms with Crippen molar-refractivity contribution < 1.29 is 9.59 Å². The van der Waals surface area contributed by atoms with Gasteiger partial charge in [0.05, 0.1) is 0 Å². The molecule has 2 heterocycles. The number of carbonyl (C=O) groups excluding carboxylic acids is 2. The van der Waals surface area contributed by atoms with Crippen molar-refractivity contribution in [1.82, 2.24) is 15.5 Å². The maximum Gasteiger partial charge on any atom is 0.223 e. The lowest BCUT2D eigenvalue weighted by atomic mass is 9.88. The molecule has 0 spiro atoms. The molecule has 144 valence electrons. The molecule has 0 aromatic rings. The van der Waals surface area contributed by atoms with Crippen molar-refractivity contribution in [2.24, 2.45) is 11.8 Å². The minimum atomic E-state index is 0.0712. The topological polar surface area (TPSA) is 61.4 Å². The van der Waals surface area contributed by atoms with Crippen LogP contribution in [0.25, 0.3) is 0 Å². The van der Waals surface area contributed by atoms with E-state index in [2.05, 4.69) is 29.5 Å². The number of hydrogen-bond donors (Lipinski definition) is 2. The van der Waals surface area contributed by atoms with Crippen molar-refractivity contribution in [2.45, 2.75) is 90.3 Å². The molecule has 0 radical (unpaired) electrons. The van der Waals surface area contributed by atoms with Crippen molar-refractivity contribution in [3.8, 4) is 0 Å². The Hall–Kier alpha value is -1.10. The van der Waals surface area contributed by atoms with Gasteiger partial charge in [-0.15, -0.1) is 0 Å². The van der Waals surface area contributed by atoms with Gasteiger partial charge in [-0.2, -0.15) is 0 Å². The van der Waals surface area contributed by atoms with Crippen molar-refractivity contribution in [1.29, 1.82) is 0 Å². The van der Waals surface area contributed by atoms with Gasteiger partial charge in [0.15, 0.2) is 0 Å². The zero-order chi connectivity index (χ0) is 18.4. The lowest BCUT2D eigenvalue weighted by Crippen LogP contribution is -2.41. The van der Waals surface area contributed by atoms with Gasteiger partial charge in [-0.05, 0) is 58.4 Å². The highest BCUT2D eigenvalue weighted by atomic mass is 16.2. The predicted molar refractivity (Wildman–Crippen MR) is 101 cm³/mol. The van der Waals surface area contributed by atoms with Crippen molar-refractivity contribution >= 4 is 11.8 Å². The zero-order valence-corrected chi connectivity index (χ0v) is 16.5. The number of piperidine rings is 1. The van der Waals surface area contributed by atoms with E-state index < -0.39 is 0 Å². The summed E-state index contributed by atoms with van der Waals surface area (Å²) in [4.78, 5) is 26.7. The molecular formula is C20H37N3O2. The average Bonchev–Trinajstić information content (AvgIpc) is 2.76. The predicted octanol–water partition coefficient (Wildman–Crippen LogP) is 2.70. The van der Waals surface area contributed by atoms with Gasteiger partial charge < -0.3 is 15.5 Å². The second-order valence-electron chi connectivity index (χ2n) is 8.33. The maximum atomic E-state index is 12.2. The second-order valence-corrected chi connectivity index (χ2v) is 8.33. The standard InChI is InChI=1S/C20H37N3O2/c1-5-6-14(2)20(25)22-15(3)9-10-21-19(24)13-16-11-17-7-8-18(12-16)23(17)4/h14-18H,5-13H2,1-4H3,(H,21,24)(H,22,25). The summed E-state index contributed by atoms with van der Waals surface area (Å²) in [6.45, 7) is 6.72. The van der Waals surface area contributed by atoms with E-state index in [1.807, 2.05) is 13.8 Å². The van der Waals surface area contributed by atoms with Crippen LogP contribution in [-0.2, 0) is 9.59 Å². The second kappa shape index (κ2) is 9.56. The lowest BCUT2D eigenvalue weighted by molar-refractivity contribution is -0.125. The molecular weight excluding hydrogens is 314 g/mol. The van der Waals surface area contributed by atoms with Crippen LogP contribution in [0.15, 0.2) is 0 Å². The number of carbonyl (C=O) groups is 2. The Labute approximate surface area is 153 Å². The molecule has 2 saturated heterocycles. The molecule has 2 aliphatic heterocycles. The van der Waals surface area contributed by atoms with Gasteiger partial charge in [0.25, 0.3) is 0 Å². The molecule has 2 bridgehead atoms. The largest absolute Gasteiger partial charge is 0.356 e. The first-order valence-electron chi connectivity index (χ1n) is 10.2. The normalized spacial score (nSPS) is 28.4. The van der Waals surface area contributed by atoms with Crippen LogP contribution in [0.5, 0.6) is 0 Å². The Morgan fingerprint density at radius 2 is 1.76 bits per heavy atom. The van der Waals surface area contributed by atoms with Crippen LogP contribution in [0.1, 0.15) is 72.1 Å². The summed E-state index contributed by atoms with van der Waals surface area (Å²) in [5.74, 6) is 0.914. The first-order valence-corrected chi connectivity index (χ1v) is 10.2. The fourth-order valence-corrected chi connectivity index (χ4v) is 4.47. The number of fused-ring (bicyclic) bond motifs is 2. The molecule has 0 aromatic heterocycles. The summed E-state index contributed by atoms with van der Waals surface area (Å²) in [7, 11) is 2.23. The number of nitrogens with one attached hydrogen (secondary N) is 2. The summed E-state index contributed by atoms with van der Waals surface area (Å²) >= 11 is 0. The Kier molecular flexibility index (Phi) is 7.73. The van der Waals surface area contributed by atoms with E-state index in [0.29, 0.717) is 31.0 Å². The third-order valence-corrected chi connectivity index (χ3v) is 6.13. The number of rotatable bonds is 9. The van der Waals surface area contributed by atoms with Gasteiger partial charge in [-0.1, -0.05) is 20.3 Å². The van der Waals surface area contributed by atoms with Gasteiger partial charge in [0.2, 0.25) is 11.8 Å². The Bertz CT molecular complexity index is 440. The van der Waals surface area contributed by atoms with E-state index in [1.165, 1.54) is 25.7 Å². The minimum absolute atomic E-state index is 0.0712. The molecule has 0 aromatic carbocycles. The molecule has 0 aliphatic carbocycles. The highest BCUT2D eigenvalue weighted by Gasteiger charge is 2.38. The van der Waals surface area contributed by atoms with Crippen LogP contribution in [0.2, 0.25) is 0 Å². The molecule has 2 amide bonds. The summed E-state index contributed by atoms with van der Waals surface area (Å²) in [5.41, 5.74) is 0. The molecule has 4 unspecified atom stereocenters. The molecule has 5 heteroatoms. The van der Waals surface area contributed by atoms with E-state index in [4.69, 9.17) is 0 Å². The van der Waals surface area contributed by atoms with Gasteiger partial charge >= 0.3 is 0 Å². The molecule has 2 rings (SSSR count). The quantitative estimate of drug-likeness (QED) is 0.671. The van der Waals surface area contributed by atoms with E-state index in [-0.39, 0.29) is 23.8 Å². The van der Waals surface area contributed by atoms with Crippen molar-refractivity contribution in [3.63, 3.8) is 0 Å². The van der Waals surface area contributed by atoms with Gasteiger partial charge in [0, 0.05) is 37.0 Å². The van der Waals surface area contributed by atoms with Crippen LogP contribution in [0.4, 0.5) is 0 Å². The van der Waals surface area contributed by atoms with E-state index in [0.717, 1.165) is 19.3 Å². The minimum Gasteiger partial charge on any atom is -0.356 e. The SMILES string of the molecule is CCCC(C)C(=O)NC(C)CCNC(=O)CC1CC2CCC(C1)N2C. The Morgan fingerprint density at radius 3 is 2.36 bits per heavy atom. The van der Waals surface area contributed by atoms with Gasteiger partial charge in [-0.3, -0.25) is 9.59 Å². The maximum absolute atomic E-state index is 12.2. The smallest absolute Gasteiger partial charge is 0.223 e. The monoisotopic (exact) mass is 351 g/mol. The molecule has 25 heavy (non-hydrogen) atoms. The van der Waals surface area contributed by atoms with Crippen molar-refractivity contribution in [3.05, 3.63) is 0 Å². The van der Waals surface area contributed by atoms with Crippen molar-refractivity contribution in [2.75, 3.05) is 13.6 Å². The Morgan fingerprint density at radius 1 is 1.12 bits per heavy atom. The third-order valence-electron chi connectivity index (χ3n) is 6.13. The van der Waals surface area contributed by atoms with Crippen LogP contribution < -0.4 is 10.6 Å². The fraction of sp³-hybridized carbons (Fsp3) is 0.900. The van der Waals surface area contributed by atoms with Crippen LogP contribution in [0, 0.1) is 11.8 Å². The number of amides is 2. The highest BCUT2D eigenvalue weighted by molar-refractivity contribution is 5.78. The summed E-state index contributed by atoms with van der Waals surface area (Å²) in [6.07, 6.45) is 8.33. The summed E-state index contributed by atoms with van der Waals surface area (Å²) in [6, 6.07) is 1.49. The first-order chi connectivity index (χ1) is 11.9. The number of hydrogen-bond acceptors (Lipinski definition) is 3. The summed E-state index contributed by atoms with van der Waals surface area (Å²) < 4.78 is 0. The molecule has 2 aliphatic rings. The van der Waals surface area contributed by atoms with E-state index >= 15 is 0 Å². The molecule has 2 N–H and O–H groups in total. The van der Waals surface area contributed by atoms with Crippen LogP contribution in [-0.4, -0.2) is 48.4 Å². The van der Waals surface area contributed by atoms with Crippen LogP contribution in [0.3, 0.4) is 0 Å². The van der Waals surface area contributed by atoms with E-state index in [9.17, 15) is 9.59 Å². The summed E-state index contributed by atoms with van der Waals surface area (Å²) in [5, 5.41) is 6.09. The third kappa shape index (κ3) is 5.98. The fourth-order valence-electron chi connectivity index (χ4n) is 4.47. The average molecular weight is 352 g/mol. The highest BCUT2D eigenvalue weighted by Crippen LogP contribution is 2.38. The molecule has 0 saturated carbocycles. The lowest BCUT2D eigenvalue weighted by Gasteiger charge is -2.36. The molecule has 2 fully saturated rings. The van der Waals surface area contributed by atoms with E-state index in [1.54, 1.807) is 0 Å². The number of nitrogens with zero attached hydrogens (tertiary/aromatic N) is 1. The molecule has 4 atom stereocenters. The van der Waals surface area contributed by atoms with Gasteiger partial charge in [0.1, 0.15) is 0 Å². The van der Waals surface area contributed by atoms with Crippen LogP contribution >= 0.6 is 0 Å². The Balaban J connectivity index is 1.60. The molecule has 5 nitrogen and oxygen atoms in total. The zero-order valence-electron chi connectivity index (χ0n) is 16.5. The van der Waals surface area contributed by atoms with Gasteiger partial charge in [-0.25, -0.2) is 0 Å².